The Balaban J connectivity index is 3.90. The van der Waals surface area contributed by atoms with E-state index in [-0.39, 0.29) is 0 Å². The van der Waals surface area contributed by atoms with Crippen molar-refractivity contribution in [2.45, 2.75) is 47.0 Å². The van der Waals surface area contributed by atoms with Crippen LogP contribution in [-0.2, 0) is 0 Å². The summed E-state index contributed by atoms with van der Waals surface area (Å²) in [5.74, 6) is 0.839. The second-order valence-electron chi connectivity index (χ2n) is 4.94. The molecule has 102 valence electrons. The minimum Gasteiger partial charge on any atom is -0.313 e. The lowest BCUT2D eigenvalue weighted by Gasteiger charge is -2.26. The predicted octanol–water partition coefficient (Wildman–Crippen LogP) is 3.30. The normalized spacial score (nSPS) is 11.4. The lowest BCUT2D eigenvalue weighted by Crippen LogP contribution is -2.33. The van der Waals surface area contributed by atoms with Crippen LogP contribution in [0.3, 0.4) is 0 Å². The maximum Gasteiger partial charge on any atom is 0.0202 e. The van der Waals surface area contributed by atoms with Crippen molar-refractivity contribution >= 4 is 0 Å². The number of likely N-dealkylation sites (N-methyl/N-ethyl adjacent to an activating group) is 1. The van der Waals surface area contributed by atoms with E-state index in [1.54, 1.807) is 0 Å². The first-order valence-electron chi connectivity index (χ1n) is 7.27. The van der Waals surface area contributed by atoms with Crippen molar-refractivity contribution in [2.75, 3.05) is 32.7 Å². The van der Waals surface area contributed by atoms with Gasteiger partial charge in [0.05, 0.1) is 0 Å². The van der Waals surface area contributed by atoms with Crippen molar-refractivity contribution in [3.63, 3.8) is 0 Å². The number of nitrogens with zero attached hydrogens (tertiary/aromatic N) is 1. The highest BCUT2D eigenvalue weighted by molar-refractivity contribution is 4.99. The standard InChI is InChI=1S/C15H32N2/c1-6-10-16-11-14(5)12-17(9-4)13-15(7-2)8-3/h15-16H,5-13H2,1-4H3. The van der Waals surface area contributed by atoms with Gasteiger partial charge < -0.3 is 5.32 Å². The first-order valence-corrected chi connectivity index (χ1v) is 7.27. The molecule has 0 aliphatic heterocycles. The topological polar surface area (TPSA) is 15.3 Å². The Morgan fingerprint density at radius 1 is 1.18 bits per heavy atom. The van der Waals surface area contributed by atoms with Gasteiger partial charge in [-0.2, -0.15) is 0 Å². The Morgan fingerprint density at radius 3 is 2.29 bits per heavy atom. The Kier molecular flexibility index (Phi) is 10.6. The van der Waals surface area contributed by atoms with Gasteiger partial charge in [0.25, 0.3) is 0 Å². The van der Waals surface area contributed by atoms with E-state index in [1.165, 1.54) is 31.4 Å². The second kappa shape index (κ2) is 10.8. The lowest BCUT2D eigenvalue weighted by atomic mass is 10.0. The first-order chi connectivity index (χ1) is 8.17. The summed E-state index contributed by atoms with van der Waals surface area (Å²) >= 11 is 0. The fourth-order valence-corrected chi connectivity index (χ4v) is 2.03. The highest BCUT2D eigenvalue weighted by Gasteiger charge is 2.10. The summed E-state index contributed by atoms with van der Waals surface area (Å²) in [5.41, 5.74) is 1.31. The first kappa shape index (κ1) is 16.7. The van der Waals surface area contributed by atoms with Crippen molar-refractivity contribution in [3.05, 3.63) is 12.2 Å². The van der Waals surface area contributed by atoms with E-state index in [2.05, 4.69) is 44.5 Å². The monoisotopic (exact) mass is 240 g/mol. The molecule has 0 spiro atoms. The van der Waals surface area contributed by atoms with Gasteiger partial charge in [0.1, 0.15) is 0 Å². The Bertz CT molecular complexity index is 185. The summed E-state index contributed by atoms with van der Waals surface area (Å²) in [6.07, 6.45) is 3.76. The third-order valence-corrected chi connectivity index (χ3v) is 3.37. The fourth-order valence-electron chi connectivity index (χ4n) is 2.03. The molecule has 2 nitrogen and oxygen atoms in total. The van der Waals surface area contributed by atoms with Crippen LogP contribution in [0, 0.1) is 5.92 Å². The molecule has 0 rings (SSSR count). The molecule has 0 heterocycles. The highest BCUT2D eigenvalue weighted by Crippen LogP contribution is 2.10. The van der Waals surface area contributed by atoms with Crippen LogP contribution in [-0.4, -0.2) is 37.6 Å². The Morgan fingerprint density at radius 2 is 1.82 bits per heavy atom. The summed E-state index contributed by atoms with van der Waals surface area (Å²) in [5, 5.41) is 3.42. The molecule has 0 bridgehead atoms. The van der Waals surface area contributed by atoms with Crippen molar-refractivity contribution in [1.82, 2.24) is 10.2 Å². The summed E-state index contributed by atoms with van der Waals surface area (Å²) in [7, 11) is 0. The number of hydrogen-bond donors (Lipinski definition) is 1. The summed E-state index contributed by atoms with van der Waals surface area (Å²) in [6.45, 7) is 18.6. The molecule has 17 heavy (non-hydrogen) atoms. The fraction of sp³-hybridized carbons (Fsp3) is 0.867. The molecule has 0 aliphatic carbocycles. The van der Waals surface area contributed by atoms with Crippen LogP contribution in [0.1, 0.15) is 47.0 Å². The van der Waals surface area contributed by atoms with Crippen molar-refractivity contribution in [2.24, 2.45) is 5.92 Å². The molecule has 0 atom stereocenters. The quantitative estimate of drug-likeness (QED) is 0.440. The van der Waals surface area contributed by atoms with Crippen LogP contribution in [0.4, 0.5) is 0 Å². The molecule has 1 N–H and O–H groups in total. The zero-order valence-corrected chi connectivity index (χ0v) is 12.4. The molecule has 0 fully saturated rings. The Hall–Kier alpha value is -0.340. The van der Waals surface area contributed by atoms with Gasteiger partial charge >= 0.3 is 0 Å². The lowest BCUT2D eigenvalue weighted by molar-refractivity contribution is 0.249. The summed E-state index contributed by atoms with van der Waals surface area (Å²) in [4.78, 5) is 2.52. The molecule has 0 aliphatic rings. The van der Waals surface area contributed by atoms with E-state index in [9.17, 15) is 0 Å². The van der Waals surface area contributed by atoms with Gasteiger partial charge in [-0.3, -0.25) is 4.90 Å². The summed E-state index contributed by atoms with van der Waals surface area (Å²) < 4.78 is 0. The number of rotatable bonds is 11. The molecule has 0 aromatic carbocycles. The van der Waals surface area contributed by atoms with Crippen LogP contribution in [0.5, 0.6) is 0 Å². The molecule has 0 unspecified atom stereocenters. The average Bonchev–Trinajstić information content (AvgIpc) is 2.34. The van der Waals surface area contributed by atoms with Crippen LogP contribution in [0.15, 0.2) is 12.2 Å². The molecular weight excluding hydrogens is 208 g/mol. The van der Waals surface area contributed by atoms with Gasteiger partial charge in [-0.1, -0.05) is 47.1 Å². The van der Waals surface area contributed by atoms with E-state index < -0.39 is 0 Å². The molecule has 2 heteroatoms. The van der Waals surface area contributed by atoms with Crippen molar-refractivity contribution < 1.29 is 0 Å². The molecule has 0 amide bonds. The van der Waals surface area contributed by atoms with Crippen molar-refractivity contribution in [1.29, 1.82) is 0 Å². The Labute approximate surface area is 108 Å². The smallest absolute Gasteiger partial charge is 0.0202 e. The molecule has 0 saturated carbocycles. The molecule has 0 radical (unpaired) electrons. The summed E-state index contributed by atoms with van der Waals surface area (Å²) in [6, 6.07) is 0. The molecule has 0 aromatic heterocycles. The van der Waals surface area contributed by atoms with Crippen LogP contribution in [0.2, 0.25) is 0 Å². The van der Waals surface area contributed by atoms with E-state index in [0.717, 1.165) is 32.1 Å². The molecular formula is C15H32N2. The van der Waals surface area contributed by atoms with Gasteiger partial charge in [0, 0.05) is 19.6 Å². The van der Waals surface area contributed by atoms with Gasteiger partial charge in [-0.25, -0.2) is 0 Å². The van der Waals surface area contributed by atoms with E-state index >= 15 is 0 Å². The zero-order valence-electron chi connectivity index (χ0n) is 12.4. The van der Waals surface area contributed by atoms with Crippen LogP contribution >= 0.6 is 0 Å². The minimum absolute atomic E-state index is 0.839. The van der Waals surface area contributed by atoms with Crippen LogP contribution in [0.25, 0.3) is 0 Å². The van der Waals surface area contributed by atoms with E-state index in [1.807, 2.05) is 0 Å². The third kappa shape index (κ3) is 8.39. The maximum atomic E-state index is 4.17. The highest BCUT2D eigenvalue weighted by atomic mass is 15.1. The van der Waals surface area contributed by atoms with Gasteiger partial charge in [0.2, 0.25) is 0 Å². The average molecular weight is 240 g/mol. The predicted molar refractivity (Wildman–Crippen MR) is 78.5 cm³/mol. The zero-order chi connectivity index (χ0) is 13.1. The van der Waals surface area contributed by atoms with E-state index in [0.29, 0.717) is 0 Å². The second-order valence-corrected chi connectivity index (χ2v) is 4.94. The van der Waals surface area contributed by atoms with E-state index in [4.69, 9.17) is 0 Å². The largest absolute Gasteiger partial charge is 0.313 e. The van der Waals surface area contributed by atoms with Gasteiger partial charge in [-0.05, 0) is 31.0 Å². The van der Waals surface area contributed by atoms with Gasteiger partial charge in [0.15, 0.2) is 0 Å². The molecule has 0 aromatic rings. The number of nitrogens with one attached hydrogen (secondary N) is 1. The maximum absolute atomic E-state index is 4.17. The minimum atomic E-state index is 0.839. The van der Waals surface area contributed by atoms with Crippen LogP contribution < -0.4 is 5.32 Å². The van der Waals surface area contributed by atoms with Gasteiger partial charge in [-0.15, -0.1) is 0 Å². The SMILES string of the molecule is C=C(CNCCC)CN(CC)CC(CC)CC. The number of hydrogen-bond acceptors (Lipinski definition) is 2. The molecule has 0 saturated heterocycles. The van der Waals surface area contributed by atoms with Crippen molar-refractivity contribution in [3.8, 4) is 0 Å². The third-order valence-electron chi connectivity index (χ3n) is 3.37.